The summed E-state index contributed by atoms with van der Waals surface area (Å²) in [6.45, 7) is 4.28. The highest BCUT2D eigenvalue weighted by Gasteiger charge is 2.22. The molecule has 2 rings (SSSR count). The average molecular weight is 263 g/mol. The fourth-order valence-electron chi connectivity index (χ4n) is 2.39. The SMILES string of the molecule is NCc1ccccc1C(=O)N1CCN(CCO)CC1. The quantitative estimate of drug-likeness (QED) is 0.795. The van der Waals surface area contributed by atoms with Gasteiger partial charge in [-0.05, 0) is 11.6 Å². The number of hydrogen-bond acceptors (Lipinski definition) is 4. The first-order valence-electron chi connectivity index (χ1n) is 6.66. The first-order valence-corrected chi connectivity index (χ1v) is 6.66. The van der Waals surface area contributed by atoms with E-state index in [1.54, 1.807) is 0 Å². The summed E-state index contributed by atoms with van der Waals surface area (Å²) in [7, 11) is 0. The van der Waals surface area contributed by atoms with Gasteiger partial charge in [0.2, 0.25) is 0 Å². The van der Waals surface area contributed by atoms with Gasteiger partial charge in [0, 0.05) is 44.8 Å². The standard InChI is InChI=1S/C14H21N3O2/c15-11-12-3-1-2-4-13(12)14(19)17-7-5-16(6-8-17)9-10-18/h1-4,18H,5-11,15H2. The lowest BCUT2D eigenvalue weighted by Crippen LogP contribution is -2.49. The van der Waals surface area contributed by atoms with Crippen LogP contribution in [0.3, 0.4) is 0 Å². The third kappa shape index (κ3) is 3.32. The summed E-state index contributed by atoms with van der Waals surface area (Å²) < 4.78 is 0. The lowest BCUT2D eigenvalue weighted by molar-refractivity contribution is 0.0614. The highest BCUT2D eigenvalue weighted by atomic mass is 16.3. The molecule has 1 aromatic rings. The van der Waals surface area contributed by atoms with E-state index < -0.39 is 0 Å². The van der Waals surface area contributed by atoms with Crippen molar-refractivity contribution >= 4 is 5.91 Å². The van der Waals surface area contributed by atoms with Crippen LogP contribution in [0.15, 0.2) is 24.3 Å². The topological polar surface area (TPSA) is 69.8 Å². The minimum absolute atomic E-state index is 0.0599. The van der Waals surface area contributed by atoms with E-state index in [9.17, 15) is 4.79 Å². The summed E-state index contributed by atoms with van der Waals surface area (Å²) in [5.74, 6) is 0.0599. The molecule has 1 amide bonds. The van der Waals surface area contributed by atoms with E-state index in [1.165, 1.54) is 0 Å². The highest BCUT2D eigenvalue weighted by molar-refractivity contribution is 5.95. The Kier molecular flexibility index (Phi) is 4.90. The number of carbonyl (C=O) groups is 1. The molecule has 0 aromatic heterocycles. The number of nitrogens with zero attached hydrogens (tertiary/aromatic N) is 2. The molecule has 1 fully saturated rings. The van der Waals surface area contributed by atoms with Gasteiger partial charge in [0.05, 0.1) is 6.61 Å². The Labute approximate surface area is 113 Å². The van der Waals surface area contributed by atoms with E-state index in [2.05, 4.69) is 4.90 Å². The highest BCUT2D eigenvalue weighted by Crippen LogP contribution is 2.13. The van der Waals surface area contributed by atoms with E-state index in [0.29, 0.717) is 31.7 Å². The lowest BCUT2D eigenvalue weighted by Gasteiger charge is -2.34. The molecular weight excluding hydrogens is 242 g/mol. The van der Waals surface area contributed by atoms with Crippen molar-refractivity contribution in [1.29, 1.82) is 0 Å². The van der Waals surface area contributed by atoms with Crippen molar-refractivity contribution in [2.45, 2.75) is 6.54 Å². The Morgan fingerprint density at radius 1 is 1.21 bits per heavy atom. The van der Waals surface area contributed by atoms with Gasteiger partial charge < -0.3 is 15.7 Å². The molecule has 0 unspecified atom stereocenters. The Hall–Kier alpha value is -1.43. The predicted octanol–water partition coefficient (Wildman–Crippen LogP) is -0.105. The van der Waals surface area contributed by atoms with Gasteiger partial charge in [-0.2, -0.15) is 0 Å². The van der Waals surface area contributed by atoms with Gasteiger partial charge in [-0.3, -0.25) is 9.69 Å². The maximum Gasteiger partial charge on any atom is 0.254 e. The maximum atomic E-state index is 12.4. The zero-order chi connectivity index (χ0) is 13.7. The number of aliphatic hydroxyl groups is 1. The van der Waals surface area contributed by atoms with Crippen molar-refractivity contribution in [1.82, 2.24) is 9.80 Å². The van der Waals surface area contributed by atoms with E-state index in [0.717, 1.165) is 18.7 Å². The van der Waals surface area contributed by atoms with Crippen LogP contribution in [0, 0.1) is 0 Å². The Morgan fingerprint density at radius 3 is 2.53 bits per heavy atom. The zero-order valence-corrected chi connectivity index (χ0v) is 11.1. The molecule has 19 heavy (non-hydrogen) atoms. The van der Waals surface area contributed by atoms with Crippen LogP contribution in [0.4, 0.5) is 0 Å². The molecule has 0 spiro atoms. The molecule has 0 aliphatic carbocycles. The number of carbonyl (C=O) groups excluding carboxylic acids is 1. The van der Waals surface area contributed by atoms with Crippen molar-refractivity contribution < 1.29 is 9.90 Å². The second-order valence-electron chi connectivity index (χ2n) is 4.72. The van der Waals surface area contributed by atoms with Crippen LogP contribution in [0.25, 0.3) is 0 Å². The van der Waals surface area contributed by atoms with Crippen LogP contribution in [0.1, 0.15) is 15.9 Å². The average Bonchev–Trinajstić information content (AvgIpc) is 2.47. The molecule has 5 nitrogen and oxygen atoms in total. The van der Waals surface area contributed by atoms with Crippen LogP contribution in [0.2, 0.25) is 0 Å². The molecular formula is C14H21N3O2. The van der Waals surface area contributed by atoms with Gasteiger partial charge >= 0.3 is 0 Å². The smallest absolute Gasteiger partial charge is 0.254 e. The first kappa shape index (κ1) is 14.0. The van der Waals surface area contributed by atoms with Gasteiger partial charge in [-0.25, -0.2) is 0 Å². The number of β-amino-alcohol motifs (C(OH)–C–C–N with tert-alkyl or cyclic N) is 1. The number of rotatable bonds is 4. The number of benzene rings is 1. The molecule has 5 heteroatoms. The maximum absolute atomic E-state index is 12.4. The molecule has 1 aromatic carbocycles. The third-order valence-corrected chi connectivity index (χ3v) is 3.54. The second kappa shape index (κ2) is 6.65. The van der Waals surface area contributed by atoms with Crippen LogP contribution in [-0.4, -0.2) is 60.1 Å². The fraction of sp³-hybridized carbons (Fsp3) is 0.500. The predicted molar refractivity (Wildman–Crippen MR) is 73.8 cm³/mol. The van der Waals surface area contributed by atoms with Crippen molar-refractivity contribution in [3.63, 3.8) is 0 Å². The van der Waals surface area contributed by atoms with Crippen molar-refractivity contribution in [3.05, 3.63) is 35.4 Å². The lowest BCUT2D eigenvalue weighted by atomic mass is 10.1. The summed E-state index contributed by atoms with van der Waals surface area (Å²) in [5, 5.41) is 8.90. The van der Waals surface area contributed by atoms with E-state index in [4.69, 9.17) is 10.8 Å². The summed E-state index contributed by atoms with van der Waals surface area (Å²) in [5.41, 5.74) is 7.28. The van der Waals surface area contributed by atoms with Crippen LogP contribution in [-0.2, 0) is 6.54 Å². The van der Waals surface area contributed by atoms with Crippen LogP contribution < -0.4 is 5.73 Å². The van der Waals surface area contributed by atoms with Gasteiger partial charge in [-0.15, -0.1) is 0 Å². The molecule has 1 aliphatic heterocycles. The Bertz CT molecular complexity index is 428. The largest absolute Gasteiger partial charge is 0.395 e. The molecule has 1 aliphatic rings. The third-order valence-electron chi connectivity index (χ3n) is 3.54. The summed E-state index contributed by atoms with van der Waals surface area (Å²) >= 11 is 0. The van der Waals surface area contributed by atoms with E-state index in [1.807, 2.05) is 29.2 Å². The zero-order valence-electron chi connectivity index (χ0n) is 11.1. The normalized spacial score (nSPS) is 16.6. The molecule has 0 saturated carbocycles. The van der Waals surface area contributed by atoms with E-state index >= 15 is 0 Å². The summed E-state index contributed by atoms with van der Waals surface area (Å²) in [6.07, 6.45) is 0. The summed E-state index contributed by atoms with van der Waals surface area (Å²) in [4.78, 5) is 16.5. The monoisotopic (exact) mass is 263 g/mol. The molecule has 3 N–H and O–H groups in total. The van der Waals surface area contributed by atoms with Crippen molar-refractivity contribution in [2.24, 2.45) is 5.73 Å². The van der Waals surface area contributed by atoms with Gasteiger partial charge in [-0.1, -0.05) is 18.2 Å². The molecule has 1 heterocycles. The molecule has 0 bridgehead atoms. The van der Waals surface area contributed by atoms with Crippen molar-refractivity contribution in [3.8, 4) is 0 Å². The van der Waals surface area contributed by atoms with Crippen LogP contribution in [0.5, 0.6) is 0 Å². The Balaban J connectivity index is 2.01. The molecule has 1 saturated heterocycles. The van der Waals surface area contributed by atoms with Gasteiger partial charge in [0.25, 0.3) is 5.91 Å². The number of piperazine rings is 1. The number of amides is 1. The first-order chi connectivity index (χ1) is 9.26. The van der Waals surface area contributed by atoms with Gasteiger partial charge in [0.15, 0.2) is 0 Å². The van der Waals surface area contributed by atoms with Crippen molar-refractivity contribution in [2.75, 3.05) is 39.3 Å². The molecule has 0 radical (unpaired) electrons. The Morgan fingerprint density at radius 2 is 1.89 bits per heavy atom. The minimum atomic E-state index is 0.0599. The number of nitrogens with two attached hydrogens (primary N) is 1. The van der Waals surface area contributed by atoms with Gasteiger partial charge in [0.1, 0.15) is 0 Å². The fourth-order valence-corrected chi connectivity index (χ4v) is 2.39. The van der Waals surface area contributed by atoms with Crippen LogP contribution >= 0.6 is 0 Å². The molecule has 0 atom stereocenters. The summed E-state index contributed by atoms with van der Waals surface area (Å²) in [6, 6.07) is 7.51. The minimum Gasteiger partial charge on any atom is -0.395 e. The van der Waals surface area contributed by atoms with E-state index in [-0.39, 0.29) is 12.5 Å². The number of hydrogen-bond donors (Lipinski definition) is 2. The molecule has 104 valence electrons. The number of aliphatic hydroxyl groups excluding tert-OH is 1. The second-order valence-corrected chi connectivity index (χ2v) is 4.72.